The van der Waals surface area contributed by atoms with Crippen molar-refractivity contribution in [2.24, 2.45) is 11.8 Å². The summed E-state index contributed by atoms with van der Waals surface area (Å²) in [4.78, 5) is 11.7. The van der Waals surface area contributed by atoms with Gasteiger partial charge in [-0.2, -0.15) is 0 Å². The lowest BCUT2D eigenvalue weighted by Crippen LogP contribution is -2.50. The number of halogens is 1. The van der Waals surface area contributed by atoms with Crippen molar-refractivity contribution in [1.82, 2.24) is 5.32 Å². The first-order valence-electron chi connectivity index (χ1n) is 5.52. The number of rotatable bonds is 1. The van der Waals surface area contributed by atoms with E-state index >= 15 is 0 Å². The summed E-state index contributed by atoms with van der Waals surface area (Å²) in [5.74, 6) is 1.09. The van der Waals surface area contributed by atoms with E-state index in [-0.39, 0.29) is 18.4 Å². The van der Waals surface area contributed by atoms with E-state index in [1.807, 2.05) is 6.92 Å². The molecule has 15 heavy (non-hydrogen) atoms. The van der Waals surface area contributed by atoms with E-state index in [9.17, 15) is 4.79 Å². The van der Waals surface area contributed by atoms with Gasteiger partial charge in [0.25, 0.3) is 0 Å². The van der Waals surface area contributed by atoms with Crippen molar-refractivity contribution in [3.05, 3.63) is 0 Å². The van der Waals surface area contributed by atoms with Crippen LogP contribution in [0.2, 0.25) is 0 Å². The fourth-order valence-electron chi connectivity index (χ4n) is 3.12. The second kappa shape index (κ2) is 4.71. The van der Waals surface area contributed by atoms with Crippen molar-refractivity contribution in [1.29, 1.82) is 0 Å². The molecular formula is C11H20ClNO2. The van der Waals surface area contributed by atoms with Gasteiger partial charge >= 0.3 is 5.97 Å². The Morgan fingerprint density at radius 1 is 1.40 bits per heavy atom. The van der Waals surface area contributed by atoms with E-state index in [0.717, 1.165) is 6.54 Å². The zero-order valence-electron chi connectivity index (χ0n) is 9.41. The molecule has 0 aromatic heterocycles. The third-order valence-electron chi connectivity index (χ3n) is 3.99. The monoisotopic (exact) mass is 233 g/mol. The van der Waals surface area contributed by atoms with Crippen LogP contribution < -0.4 is 5.32 Å². The molecule has 3 nitrogen and oxygen atoms in total. The Labute approximate surface area is 97.4 Å². The first-order valence-corrected chi connectivity index (χ1v) is 5.52. The fraction of sp³-hybridized carbons (Fsp3) is 0.909. The van der Waals surface area contributed by atoms with Crippen LogP contribution in [0.1, 0.15) is 32.6 Å². The van der Waals surface area contributed by atoms with Gasteiger partial charge in [-0.15, -0.1) is 12.4 Å². The lowest BCUT2D eigenvalue weighted by Gasteiger charge is -2.33. The molecule has 1 heterocycles. The van der Waals surface area contributed by atoms with Crippen LogP contribution >= 0.6 is 12.4 Å². The number of carbonyl (C=O) groups is 1. The average Bonchev–Trinajstić information content (AvgIpc) is 2.58. The fourth-order valence-corrected chi connectivity index (χ4v) is 3.12. The molecule has 0 spiro atoms. The third kappa shape index (κ3) is 2.00. The zero-order valence-corrected chi connectivity index (χ0v) is 10.2. The van der Waals surface area contributed by atoms with Gasteiger partial charge in [-0.3, -0.25) is 4.79 Å². The highest BCUT2D eigenvalue weighted by molar-refractivity contribution is 5.85. The van der Waals surface area contributed by atoms with Crippen LogP contribution in [0.15, 0.2) is 0 Å². The van der Waals surface area contributed by atoms with E-state index in [0.29, 0.717) is 11.8 Å². The highest BCUT2D eigenvalue weighted by atomic mass is 35.5. The summed E-state index contributed by atoms with van der Waals surface area (Å²) in [7, 11) is 1.48. The normalized spacial score (nSPS) is 39.1. The van der Waals surface area contributed by atoms with Crippen LogP contribution in [0, 0.1) is 11.8 Å². The molecule has 2 aliphatic rings. The number of carbonyl (C=O) groups excluding carboxylic acids is 1. The largest absolute Gasteiger partial charge is 0.468 e. The number of fused-ring (bicyclic) bond motifs is 1. The van der Waals surface area contributed by atoms with Gasteiger partial charge < -0.3 is 10.1 Å². The van der Waals surface area contributed by atoms with Crippen LogP contribution in [0.5, 0.6) is 0 Å². The Balaban J connectivity index is 0.00000112. The van der Waals surface area contributed by atoms with E-state index in [1.165, 1.54) is 32.8 Å². The van der Waals surface area contributed by atoms with Crippen molar-refractivity contribution in [2.75, 3.05) is 13.7 Å². The molecule has 4 heteroatoms. The lowest BCUT2D eigenvalue weighted by atomic mass is 9.73. The summed E-state index contributed by atoms with van der Waals surface area (Å²) in [6.45, 7) is 2.98. The minimum Gasteiger partial charge on any atom is -0.468 e. The molecule has 0 aromatic carbocycles. The maximum absolute atomic E-state index is 11.7. The SMILES string of the molecule is COC(=O)C1(C)NCC2CCCCC21.Cl. The van der Waals surface area contributed by atoms with E-state index in [2.05, 4.69) is 5.32 Å². The van der Waals surface area contributed by atoms with Crippen molar-refractivity contribution in [3.63, 3.8) is 0 Å². The Morgan fingerprint density at radius 2 is 2.07 bits per heavy atom. The van der Waals surface area contributed by atoms with E-state index < -0.39 is 5.54 Å². The average molecular weight is 234 g/mol. The summed E-state index contributed by atoms with van der Waals surface area (Å²) in [6.07, 6.45) is 5.02. The molecule has 1 aliphatic heterocycles. The highest BCUT2D eigenvalue weighted by Crippen LogP contribution is 2.41. The Morgan fingerprint density at radius 3 is 2.73 bits per heavy atom. The van der Waals surface area contributed by atoms with Crippen LogP contribution in [0.4, 0.5) is 0 Å². The minimum atomic E-state index is -0.417. The molecule has 3 atom stereocenters. The number of esters is 1. The van der Waals surface area contributed by atoms with Crippen LogP contribution in [0.3, 0.4) is 0 Å². The molecule has 0 amide bonds. The van der Waals surface area contributed by atoms with Crippen molar-refractivity contribution >= 4 is 18.4 Å². The van der Waals surface area contributed by atoms with Crippen LogP contribution in [-0.2, 0) is 9.53 Å². The van der Waals surface area contributed by atoms with E-state index in [4.69, 9.17) is 4.74 Å². The summed E-state index contributed by atoms with van der Waals surface area (Å²) in [5.41, 5.74) is -0.417. The standard InChI is InChI=1S/C11H19NO2.ClH/c1-11(10(13)14-2)9-6-4-3-5-8(9)7-12-11;/h8-9,12H,3-7H2,1-2H3;1H. The molecule has 2 rings (SSSR count). The first-order chi connectivity index (χ1) is 6.68. The number of hydrogen-bond donors (Lipinski definition) is 1. The summed E-state index contributed by atoms with van der Waals surface area (Å²) >= 11 is 0. The molecule has 2 fully saturated rings. The van der Waals surface area contributed by atoms with Gasteiger partial charge in [0.1, 0.15) is 5.54 Å². The molecule has 0 bridgehead atoms. The van der Waals surface area contributed by atoms with Gasteiger partial charge in [-0.05, 0) is 38.1 Å². The quantitative estimate of drug-likeness (QED) is 0.702. The lowest BCUT2D eigenvalue weighted by molar-refractivity contribution is -0.149. The van der Waals surface area contributed by atoms with Gasteiger partial charge in [0, 0.05) is 0 Å². The van der Waals surface area contributed by atoms with Gasteiger partial charge in [0.05, 0.1) is 7.11 Å². The topological polar surface area (TPSA) is 38.3 Å². The molecule has 1 saturated carbocycles. The maximum atomic E-state index is 11.7. The van der Waals surface area contributed by atoms with Crippen molar-refractivity contribution in [3.8, 4) is 0 Å². The van der Waals surface area contributed by atoms with Crippen molar-refractivity contribution < 1.29 is 9.53 Å². The second-order valence-corrected chi connectivity index (χ2v) is 4.73. The number of nitrogens with one attached hydrogen (secondary N) is 1. The smallest absolute Gasteiger partial charge is 0.326 e. The molecule has 1 saturated heterocycles. The number of hydrogen-bond acceptors (Lipinski definition) is 3. The summed E-state index contributed by atoms with van der Waals surface area (Å²) in [6, 6.07) is 0. The molecular weight excluding hydrogens is 214 g/mol. The Bertz CT molecular complexity index is 247. The van der Waals surface area contributed by atoms with Crippen LogP contribution in [0.25, 0.3) is 0 Å². The highest BCUT2D eigenvalue weighted by Gasteiger charge is 2.51. The second-order valence-electron chi connectivity index (χ2n) is 4.73. The minimum absolute atomic E-state index is 0. The van der Waals surface area contributed by atoms with Gasteiger partial charge in [-0.25, -0.2) is 0 Å². The Kier molecular flexibility index (Phi) is 4.01. The summed E-state index contributed by atoms with van der Waals surface area (Å²) in [5, 5.41) is 3.35. The molecule has 1 N–H and O–H groups in total. The maximum Gasteiger partial charge on any atom is 0.326 e. The first kappa shape index (κ1) is 12.8. The van der Waals surface area contributed by atoms with Crippen molar-refractivity contribution in [2.45, 2.75) is 38.1 Å². The molecule has 0 aromatic rings. The number of methoxy groups -OCH3 is 1. The molecule has 88 valence electrons. The van der Waals surface area contributed by atoms with Gasteiger partial charge in [0.15, 0.2) is 0 Å². The van der Waals surface area contributed by atoms with Gasteiger partial charge in [-0.1, -0.05) is 12.8 Å². The van der Waals surface area contributed by atoms with Gasteiger partial charge in [0.2, 0.25) is 0 Å². The molecule has 1 aliphatic carbocycles. The predicted molar refractivity (Wildman–Crippen MR) is 61.1 cm³/mol. The summed E-state index contributed by atoms with van der Waals surface area (Å²) < 4.78 is 4.88. The number of ether oxygens (including phenoxy) is 1. The Hall–Kier alpha value is -0.280. The molecule has 3 unspecified atom stereocenters. The zero-order chi connectivity index (χ0) is 10.2. The third-order valence-corrected chi connectivity index (χ3v) is 3.99. The van der Waals surface area contributed by atoms with E-state index in [1.54, 1.807) is 0 Å². The predicted octanol–water partition coefficient (Wildman–Crippen LogP) is 1.75. The van der Waals surface area contributed by atoms with Crippen LogP contribution in [-0.4, -0.2) is 25.2 Å². The molecule has 0 radical (unpaired) electrons.